The number of aromatic nitrogens is 2. The standard InChI is InChI=1S/C17H21ClN4O/c1-2-22-12-16(11-19-22)20-17(23)21-9-7-14(8-10-21)13-3-5-15(18)6-4-13/h3-6,11-12,14H,2,7-10H2,1H3,(H,20,23). The Labute approximate surface area is 141 Å². The van der Waals surface area contributed by atoms with E-state index in [-0.39, 0.29) is 6.03 Å². The third kappa shape index (κ3) is 3.85. The highest BCUT2D eigenvalue weighted by molar-refractivity contribution is 6.30. The highest BCUT2D eigenvalue weighted by Gasteiger charge is 2.24. The largest absolute Gasteiger partial charge is 0.324 e. The maximum absolute atomic E-state index is 12.3. The van der Waals surface area contributed by atoms with Crippen molar-refractivity contribution in [1.29, 1.82) is 0 Å². The first-order valence-corrected chi connectivity index (χ1v) is 8.37. The minimum atomic E-state index is -0.0461. The molecule has 2 aromatic rings. The fourth-order valence-corrected chi connectivity index (χ4v) is 3.08. The average molecular weight is 333 g/mol. The lowest BCUT2D eigenvalue weighted by Crippen LogP contribution is -2.40. The van der Waals surface area contributed by atoms with E-state index < -0.39 is 0 Å². The maximum Gasteiger partial charge on any atom is 0.321 e. The molecule has 1 saturated heterocycles. The summed E-state index contributed by atoms with van der Waals surface area (Å²) in [6.45, 7) is 4.34. The number of urea groups is 1. The molecule has 0 aliphatic carbocycles. The Balaban J connectivity index is 1.53. The molecular formula is C17H21ClN4O. The molecule has 1 aliphatic heterocycles. The molecule has 5 nitrogen and oxygen atoms in total. The molecule has 0 bridgehead atoms. The van der Waals surface area contributed by atoms with E-state index in [4.69, 9.17) is 11.6 Å². The minimum Gasteiger partial charge on any atom is -0.324 e. The number of amides is 2. The lowest BCUT2D eigenvalue weighted by atomic mass is 9.89. The molecule has 1 fully saturated rings. The second-order valence-electron chi connectivity index (χ2n) is 5.83. The Bertz CT molecular complexity index is 659. The molecule has 0 saturated carbocycles. The number of nitrogens with zero attached hydrogens (tertiary/aromatic N) is 3. The third-order valence-corrected chi connectivity index (χ3v) is 4.58. The molecule has 6 heteroatoms. The zero-order chi connectivity index (χ0) is 16.2. The van der Waals surface area contributed by atoms with Crippen LogP contribution in [0.4, 0.5) is 10.5 Å². The summed E-state index contributed by atoms with van der Waals surface area (Å²) in [7, 11) is 0. The molecule has 122 valence electrons. The van der Waals surface area contributed by atoms with Gasteiger partial charge in [-0.25, -0.2) is 4.79 Å². The molecule has 3 rings (SSSR count). The van der Waals surface area contributed by atoms with Gasteiger partial charge < -0.3 is 10.2 Å². The number of rotatable bonds is 3. The first kappa shape index (κ1) is 15.9. The maximum atomic E-state index is 12.3. The van der Waals surface area contributed by atoms with Crippen LogP contribution in [0.1, 0.15) is 31.2 Å². The van der Waals surface area contributed by atoms with Crippen molar-refractivity contribution in [1.82, 2.24) is 14.7 Å². The van der Waals surface area contributed by atoms with Crippen LogP contribution in [0, 0.1) is 0 Å². The van der Waals surface area contributed by atoms with Crippen LogP contribution in [0.25, 0.3) is 0 Å². The predicted molar refractivity (Wildman–Crippen MR) is 91.9 cm³/mol. The number of carbonyl (C=O) groups excluding carboxylic acids is 1. The van der Waals surface area contributed by atoms with E-state index in [2.05, 4.69) is 22.5 Å². The molecule has 1 aliphatic rings. The van der Waals surface area contributed by atoms with E-state index in [1.54, 1.807) is 10.9 Å². The smallest absolute Gasteiger partial charge is 0.321 e. The van der Waals surface area contributed by atoms with E-state index in [9.17, 15) is 4.79 Å². The minimum absolute atomic E-state index is 0.0461. The third-order valence-electron chi connectivity index (χ3n) is 4.33. The van der Waals surface area contributed by atoms with Crippen LogP contribution in [-0.4, -0.2) is 33.8 Å². The molecule has 2 heterocycles. The zero-order valence-electron chi connectivity index (χ0n) is 13.2. The van der Waals surface area contributed by atoms with Crippen molar-refractivity contribution in [3.63, 3.8) is 0 Å². The molecular weight excluding hydrogens is 312 g/mol. The predicted octanol–water partition coefficient (Wildman–Crippen LogP) is 3.97. The number of anilines is 1. The van der Waals surface area contributed by atoms with Crippen LogP contribution in [0.15, 0.2) is 36.7 Å². The molecule has 0 radical (unpaired) electrons. The van der Waals surface area contributed by atoms with E-state index in [1.807, 2.05) is 30.2 Å². The molecule has 0 atom stereocenters. The summed E-state index contributed by atoms with van der Waals surface area (Å²) in [5, 5.41) is 7.84. The fraction of sp³-hybridized carbons (Fsp3) is 0.412. The lowest BCUT2D eigenvalue weighted by Gasteiger charge is -2.32. The number of likely N-dealkylation sites (tertiary alicyclic amines) is 1. The van der Waals surface area contributed by atoms with Gasteiger partial charge in [0.2, 0.25) is 0 Å². The second kappa shape index (κ2) is 7.04. The number of carbonyl (C=O) groups is 1. The van der Waals surface area contributed by atoms with Crippen molar-refractivity contribution in [2.24, 2.45) is 0 Å². The van der Waals surface area contributed by atoms with Crippen LogP contribution >= 0.6 is 11.6 Å². The van der Waals surface area contributed by atoms with Gasteiger partial charge in [0.25, 0.3) is 0 Å². The number of hydrogen-bond donors (Lipinski definition) is 1. The fourth-order valence-electron chi connectivity index (χ4n) is 2.95. The van der Waals surface area contributed by atoms with Gasteiger partial charge in [-0.1, -0.05) is 23.7 Å². The van der Waals surface area contributed by atoms with Crippen molar-refractivity contribution in [3.05, 3.63) is 47.2 Å². The topological polar surface area (TPSA) is 50.2 Å². The van der Waals surface area contributed by atoms with Gasteiger partial charge in [-0.2, -0.15) is 5.10 Å². The van der Waals surface area contributed by atoms with E-state index in [0.29, 0.717) is 5.92 Å². The highest BCUT2D eigenvalue weighted by Crippen LogP contribution is 2.29. The van der Waals surface area contributed by atoms with Gasteiger partial charge in [0.15, 0.2) is 0 Å². The zero-order valence-corrected chi connectivity index (χ0v) is 14.0. The van der Waals surface area contributed by atoms with Crippen molar-refractivity contribution in [3.8, 4) is 0 Å². The first-order chi connectivity index (χ1) is 11.2. The average Bonchev–Trinajstić information content (AvgIpc) is 3.03. The normalized spacial score (nSPS) is 15.7. The molecule has 2 amide bonds. The number of piperidine rings is 1. The molecule has 0 spiro atoms. The summed E-state index contributed by atoms with van der Waals surface area (Å²) < 4.78 is 1.79. The SMILES string of the molecule is CCn1cc(NC(=O)N2CCC(c3ccc(Cl)cc3)CC2)cn1. The summed E-state index contributed by atoms with van der Waals surface area (Å²) in [5.41, 5.74) is 2.05. The number of benzene rings is 1. The van der Waals surface area contributed by atoms with Crippen LogP contribution in [0.2, 0.25) is 5.02 Å². The van der Waals surface area contributed by atoms with E-state index in [1.165, 1.54) is 5.56 Å². The Morgan fingerprint density at radius 3 is 2.61 bits per heavy atom. The van der Waals surface area contributed by atoms with Gasteiger partial charge in [0.05, 0.1) is 11.9 Å². The van der Waals surface area contributed by atoms with Gasteiger partial charge in [0.1, 0.15) is 0 Å². The number of nitrogens with one attached hydrogen (secondary N) is 1. The lowest BCUT2D eigenvalue weighted by molar-refractivity contribution is 0.194. The second-order valence-corrected chi connectivity index (χ2v) is 6.26. The van der Waals surface area contributed by atoms with Crippen LogP contribution in [0.3, 0.4) is 0 Å². The summed E-state index contributed by atoms with van der Waals surface area (Å²) in [4.78, 5) is 14.2. The van der Waals surface area contributed by atoms with E-state index in [0.717, 1.165) is 43.2 Å². The van der Waals surface area contributed by atoms with Crippen molar-refractivity contribution in [2.45, 2.75) is 32.2 Å². The first-order valence-electron chi connectivity index (χ1n) is 7.99. The van der Waals surface area contributed by atoms with Gasteiger partial charge in [-0.05, 0) is 43.4 Å². The van der Waals surface area contributed by atoms with Gasteiger partial charge in [-0.3, -0.25) is 4.68 Å². The van der Waals surface area contributed by atoms with Crippen LogP contribution in [0.5, 0.6) is 0 Å². The van der Waals surface area contributed by atoms with Crippen molar-refractivity contribution >= 4 is 23.3 Å². The Morgan fingerprint density at radius 2 is 2.00 bits per heavy atom. The van der Waals surface area contributed by atoms with Gasteiger partial charge in [0, 0.05) is 30.9 Å². The van der Waals surface area contributed by atoms with Gasteiger partial charge in [-0.15, -0.1) is 0 Å². The monoisotopic (exact) mass is 332 g/mol. The Kier molecular flexibility index (Phi) is 4.86. The van der Waals surface area contributed by atoms with Crippen LogP contribution < -0.4 is 5.32 Å². The van der Waals surface area contributed by atoms with Crippen molar-refractivity contribution in [2.75, 3.05) is 18.4 Å². The number of halogens is 1. The van der Waals surface area contributed by atoms with Gasteiger partial charge >= 0.3 is 6.03 Å². The molecule has 1 N–H and O–H groups in total. The molecule has 23 heavy (non-hydrogen) atoms. The summed E-state index contributed by atoms with van der Waals surface area (Å²) in [6, 6.07) is 7.99. The molecule has 0 unspecified atom stereocenters. The molecule has 1 aromatic carbocycles. The molecule has 1 aromatic heterocycles. The Hall–Kier alpha value is -2.01. The summed E-state index contributed by atoms with van der Waals surface area (Å²) in [6.07, 6.45) is 5.48. The van der Waals surface area contributed by atoms with E-state index >= 15 is 0 Å². The summed E-state index contributed by atoms with van der Waals surface area (Å²) >= 11 is 5.94. The summed E-state index contributed by atoms with van der Waals surface area (Å²) in [5.74, 6) is 0.499. The number of hydrogen-bond acceptors (Lipinski definition) is 2. The quantitative estimate of drug-likeness (QED) is 0.924. The highest BCUT2D eigenvalue weighted by atomic mass is 35.5. The van der Waals surface area contributed by atoms with Crippen molar-refractivity contribution < 1.29 is 4.79 Å². The number of aryl methyl sites for hydroxylation is 1. The Morgan fingerprint density at radius 1 is 1.30 bits per heavy atom. The van der Waals surface area contributed by atoms with Crippen LogP contribution in [-0.2, 0) is 6.54 Å².